The SMILES string of the molecule is CCCNc1ccnc(-c2c(F)ccc(C)c2F)c1. The minimum absolute atomic E-state index is 0.0693. The molecule has 0 amide bonds. The van der Waals surface area contributed by atoms with E-state index in [4.69, 9.17) is 0 Å². The Kier molecular flexibility index (Phi) is 4.10. The zero-order valence-electron chi connectivity index (χ0n) is 11.0. The Hall–Kier alpha value is -1.97. The second kappa shape index (κ2) is 5.78. The Bertz CT molecular complexity index is 582. The molecule has 0 bridgehead atoms. The number of rotatable bonds is 4. The third kappa shape index (κ3) is 2.89. The number of anilines is 1. The highest BCUT2D eigenvalue weighted by Gasteiger charge is 2.14. The van der Waals surface area contributed by atoms with E-state index in [0.717, 1.165) is 18.7 Å². The first kappa shape index (κ1) is 13.5. The van der Waals surface area contributed by atoms with E-state index in [0.29, 0.717) is 11.3 Å². The average molecular weight is 262 g/mol. The standard InChI is InChI=1S/C15H16F2N2/c1-3-7-18-11-6-8-19-13(9-11)14-12(16)5-4-10(2)15(14)17/h4-6,8-9H,3,7H2,1-2H3,(H,18,19). The van der Waals surface area contributed by atoms with Gasteiger partial charge in [0.1, 0.15) is 11.6 Å². The van der Waals surface area contributed by atoms with Gasteiger partial charge >= 0.3 is 0 Å². The molecule has 1 N–H and O–H groups in total. The number of hydrogen-bond acceptors (Lipinski definition) is 2. The molecule has 0 saturated carbocycles. The van der Waals surface area contributed by atoms with Crippen LogP contribution in [0.15, 0.2) is 30.5 Å². The van der Waals surface area contributed by atoms with Crippen LogP contribution in [-0.4, -0.2) is 11.5 Å². The first-order valence-corrected chi connectivity index (χ1v) is 6.28. The summed E-state index contributed by atoms with van der Waals surface area (Å²) in [6.07, 6.45) is 2.53. The largest absolute Gasteiger partial charge is 0.385 e. The molecule has 100 valence electrons. The van der Waals surface area contributed by atoms with Gasteiger partial charge in [-0.1, -0.05) is 13.0 Å². The maximum absolute atomic E-state index is 14.0. The van der Waals surface area contributed by atoms with Gasteiger partial charge in [-0.3, -0.25) is 4.98 Å². The Balaban J connectivity index is 2.44. The quantitative estimate of drug-likeness (QED) is 0.895. The van der Waals surface area contributed by atoms with Crippen LogP contribution in [0.1, 0.15) is 18.9 Å². The molecule has 4 heteroatoms. The molecule has 2 nitrogen and oxygen atoms in total. The molecule has 0 atom stereocenters. The summed E-state index contributed by atoms with van der Waals surface area (Å²) in [5.41, 5.74) is 1.46. The first-order chi connectivity index (χ1) is 9.13. The Morgan fingerprint density at radius 2 is 2.00 bits per heavy atom. The lowest BCUT2D eigenvalue weighted by atomic mass is 10.1. The van der Waals surface area contributed by atoms with E-state index < -0.39 is 11.6 Å². The second-order valence-electron chi connectivity index (χ2n) is 4.41. The van der Waals surface area contributed by atoms with E-state index in [1.807, 2.05) is 0 Å². The number of benzene rings is 1. The van der Waals surface area contributed by atoms with Crippen LogP contribution < -0.4 is 5.32 Å². The third-order valence-electron chi connectivity index (χ3n) is 2.88. The van der Waals surface area contributed by atoms with Crippen molar-refractivity contribution in [3.8, 4) is 11.3 Å². The van der Waals surface area contributed by atoms with E-state index in [1.165, 1.54) is 12.1 Å². The highest BCUT2D eigenvalue weighted by molar-refractivity contribution is 5.66. The number of halogens is 2. The molecule has 2 aromatic rings. The van der Waals surface area contributed by atoms with Crippen LogP contribution in [0.3, 0.4) is 0 Å². The fourth-order valence-electron chi connectivity index (χ4n) is 1.84. The summed E-state index contributed by atoms with van der Waals surface area (Å²) in [4.78, 5) is 4.06. The maximum atomic E-state index is 14.0. The minimum Gasteiger partial charge on any atom is -0.385 e. The molecule has 2 rings (SSSR count). The zero-order chi connectivity index (χ0) is 13.8. The molecule has 0 saturated heterocycles. The van der Waals surface area contributed by atoms with Gasteiger partial charge in [-0.15, -0.1) is 0 Å². The second-order valence-corrected chi connectivity index (χ2v) is 4.41. The number of nitrogens with one attached hydrogen (secondary N) is 1. The Morgan fingerprint density at radius 3 is 2.74 bits per heavy atom. The minimum atomic E-state index is -0.594. The molecular weight excluding hydrogens is 246 g/mol. The van der Waals surface area contributed by atoms with Gasteiger partial charge in [0, 0.05) is 18.4 Å². The summed E-state index contributed by atoms with van der Waals surface area (Å²) in [7, 11) is 0. The van der Waals surface area contributed by atoms with Gasteiger partial charge < -0.3 is 5.32 Å². The van der Waals surface area contributed by atoms with Gasteiger partial charge in [0.2, 0.25) is 0 Å². The van der Waals surface area contributed by atoms with Crippen molar-refractivity contribution in [2.75, 3.05) is 11.9 Å². The molecule has 1 aromatic heterocycles. The third-order valence-corrected chi connectivity index (χ3v) is 2.88. The number of aryl methyl sites for hydroxylation is 1. The van der Waals surface area contributed by atoms with Crippen molar-refractivity contribution >= 4 is 5.69 Å². The number of nitrogens with zero attached hydrogens (tertiary/aromatic N) is 1. The van der Waals surface area contributed by atoms with Gasteiger partial charge in [-0.25, -0.2) is 8.78 Å². The molecule has 1 heterocycles. The normalized spacial score (nSPS) is 10.5. The van der Waals surface area contributed by atoms with Crippen LogP contribution in [-0.2, 0) is 0 Å². The molecule has 0 radical (unpaired) electrons. The zero-order valence-corrected chi connectivity index (χ0v) is 11.0. The van der Waals surface area contributed by atoms with Crippen molar-refractivity contribution in [3.05, 3.63) is 47.7 Å². The number of hydrogen-bond donors (Lipinski definition) is 1. The van der Waals surface area contributed by atoms with Crippen molar-refractivity contribution in [2.45, 2.75) is 20.3 Å². The van der Waals surface area contributed by atoms with Crippen molar-refractivity contribution in [3.63, 3.8) is 0 Å². The summed E-state index contributed by atoms with van der Waals surface area (Å²) in [5.74, 6) is -1.15. The van der Waals surface area contributed by atoms with Gasteiger partial charge in [0.25, 0.3) is 0 Å². The van der Waals surface area contributed by atoms with Crippen LogP contribution in [0.2, 0.25) is 0 Å². The van der Waals surface area contributed by atoms with E-state index >= 15 is 0 Å². The fourth-order valence-corrected chi connectivity index (χ4v) is 1.84. The smallest absolute Gasteiger partial charge is 0.138 e. The van der Waals surface area contributed by atoms with Crippen LogP contribution in [0.4, 0.5) is 14.5 Å². The molecule has 0 spiro atoms. The Labute approximate surface area is 111 Å². The molecule has 1 aromatic carbocycles. The van der Waals surface area contributed by atoms with Gasteiger partial charge in [0.05, 0.1) is 11.3 Å². The molecule has 0 aliphatic heterocycles. The molecule has 19 heavy (non-hydrogen) atoms. The lowest BCUT2D eigenvalue weighted by Crippen LogP contribution is -2.01. The van der Waals surface area contributed by atoms with E-state index in [1.54, 1.807) is 25.3 Å². The highest BCUT2D eigenvalue weighted by atomic mass is 19.1. The van der Waals surface area contributed by atoms with E-state index in [2.05, 4.69) is 17.2 Å². The highest BCUT2D eigenvalue weighted by Crippen LogP contribution is 2.27. The lowest BCUT2D eigenvalue weighted by Gasteiger charge is -2.09. The summed E-state index contributed by atoms with van der Waals surface area (Å²) in [6.45, 7) is 4.47. The maximum Gasteiger partial charge on any atom is 0.138 e. The topological polar surface area (TPSA) is 24.9 Å². The number of aromatic nitrogens is 1. The molecule has 0 unspecified atom stereocenters. The van der Waals surface area contributed by atoms with Gasteiger partial charge in [-0.2, -0.15) is 0 Å². The number of pyridine rings is 1. The first-order valence-electron chi connectivity index (χ1n) is 6.28. The van der Waals surface area contributed by atoms with Crippen molar-refractivity contribution in [1.29, 1.82) is 0 Å². The van der Waals surface area contributed by atoms with Crippen LogP contribution in [0.25, 0.3) is 11.3 Å². The predicted octanol–water partition coefficient (Wildman–Crippen LogP) is 4.16. The lowest BCUT2D eigenvalue weighted by molar-refractivity contribution is 0.583. The van der Waals surface area contributed by atoms with Gasteiger partial charge in [0.15, 0.2) is 0 Å². The molecule has 0 aliphatic carbocycles. The predicted molar refractivity (Wildman–Crippen MR) is 73.1 cm³/mol. The summed E-state index contributed by atoms with van der Waals surface area (Å²) in [5, 5.41) is 3.17. The van der Waals surface area contributed by atoms with Crippen LogP contribution in [0, 0.1) is 18.6 Å². The Morgan fingerprint density at radius 1 is 1.21 bits per heavy atom. The summed E-state index contributed by atoms with van der Waals surface area (Å²) < 4.78 is 27.8. The average Bonchev–Trinajstić information content (AvgIpc) is 2.42. The molecule has 0 fully saturated rings. The van der Waals surface area contributed by atoms with Crippen molar-refractivity contribution < 1.29 is 8.78 Å². The van der Waals surface area contributed by atoms with Crippen LogP contribution in [0.5, 0.6) is 0 Å². The van der Waals surface area contributed by atoms with E-state index in [9.17, 15) is 8.78 Å². The van der Waals surface area contributed by atoms with Gasteiger partial charge in [-0.05, 0) is 37.1 Å². The fraction of sp³-hybridized carbons (Fsp3) is 0.267. The van der Waals surface area contributed by atoms with Crippen LogP contribution >= 0.6 is 0 Å². The van der Waals surface area contributed by atoms with E-state index in [-0.39, 0.29) is 5.56 Å². The summed E-state index contributed by atoms with van der Waals surface area (Å²) >= 11 is 0. The summed E-state index contributed by atoms with van der Waals surface area (Å²) in [6, 6.07) is 6.14. The molecular formula is C15H16F2N2. The van der Waals surface area contributed by atoms with Crippen molar-refractivity contribution in [2.24, 2.45) is 0 Å². The molecule has 0 aliphatic rings. The monoisotopic (exact) mass is 262 g/mol. The van der Waals surface area contributed by atoms with Crippen molar-refractivity contribution in [1.82, 2.24) is 4.98 Å².